The smallest absolute Gasteiger partial charge is 0.227 e. The Labute approximate surface area is 153 Å². The Morgan fingerprint density at radius 3 is 2.77 bits per heavy atom. The molecule has 26 heavy (non-hydrogen) atoms. The standard InChI is InChI=1S/C21H25FN2O2/c22-17-6-1-2-7-19(17)24-11-13(10-20(24)25)21(26)23-18-9-12-8-16(18)15-5-3-4-14(12)15/h1-2,6-7,12-16,18H,3-5,8-11H2,(H,23,26). The topological polar surface area (TPSA) is 49.4 Å². The largest absolute Gasteiger partial charge is 0.353 e. The number of benzene rings is 1. The molecule has 1 aromatic rings. The van der Waals surface area contributed by atoms with Crippen LogP contribution in [0.3, 0.4) is 0 Å². The van der Waals surface area contributed by atoms with Gasteiger partial charge in [-0.15, -0.1) is 0 Å². The molecule has 138 valence electrons. The quantitative estimate of drug-likeness (QED) is 0.905. The summed E-state index contributed by atoms with van der Waals surface area (Å²) in [5.74, 6) is 2.15. The lowest BCUT2D eigenvalue weighted by molar-refractivity contribution is -0.127. The molecule has 1 saturated heterocycles. The molecule has 1 aliphatic heterocycles. The average Bonchev–Trinajstić information content (AvgIpc) is 3.36. The molecular formula is C21H25FN2O2. The molecule has 1 heterocycles. The average molecular weight is 356 g/mol. The Bertz CT molecular complexity index is 751. The maximum atomic E-state index is 14.0. The van der Waals surface area contributed by atoms with Crippen molar-refractivity contribution in [1.29, 1.82) is 0 Å². The molecule has 1 N–H and O–H groups in total. The molecule has 6 unspecified atom stereocenters. The molecule has 2 bridgehead atoms. The predicted octanol–water partition coefficient (Wildman–Crippen LogP) is 3.12. The van der Waals surface area contributed by atoms with Crippen molar-refractivity contribution in [2.75, 3.05) is 11.4 Å². The van der Waals surface area contributed by atoms with Crippen LogP contribution in [0.4, 0.5) is 10.1 Å². The number of nitrogens with one attached hydrogen (secondary N) is 1. The molecule has 0 spiro atoms. The molecule has 4 fully saturated rings. The summed E-state index contributed by atoms with van der Waals surface area (Å²) in [6.45, 7) is 0.276. The van der Waals surface area contributed by atoms with E-state index in [0.717, 1.165) is 24.2 Å². The fourth-order valence-corrected chi connectivity index (χ4v) is 6.32. The first-order chi connectivity index (χ1) is 12.6. The van der Waals surface area contributed by atoms with Gasteiger partial charge in [-0.1, -0.05) is 18.6 Å². The minimum absolute atomic E-state index is 0.0238. The van der Waals surface area contributed by atoms with Crippen LogP contribution in [0.2, 0.25) is 0 Å². The van der Waals surface area contributed by atoms with E-state index in [1.807, 2.05) is 0 Å². The minimum Gasteiger partial charge on any atom is -0.353 e. The number of nitrogens with zero attached hydrogens (tertiary/aromatic N) is 1. The second kappa shape index (κ2) is 6.07. The van der Waals surface area contributed by atoms with Crippen molar-refractivity contribution in [2.45, 2.75) is 44.6 Å². The van der Waals surface area contributed by atoms with E-state index in [-0.39, 0.29) is 42.4 Å². The highest BCUT2D eigenvalue weighted by atomic mass is 19.1. The summed E-state index contributed by atoms with van der Waals surface area (Å²) in [4.78, 5) is 26.6. The summed E-state index contributed by atoms with van der Waals surface area (Å²) in [6, 6.07) is 6.55. The lowest BCUT2D eigenvalue weighted by Gasteiger charge is -2.32. The Balaban J connectivity index is 1.25. The molecule has 4 aliphatic rings. The van der Waals surface area contributed by atoms with E-state index in [0.29, 0.717) is 5.92 Å². The van der Waals surface area contributed by atoms with E-state index < -0.39 is 5.82 Å². The molecule has 5 heteroatoms. The van der Waals surface area contributed by atoms with Gasteiger partial charge in [-0.2, -0.15) is 0 Å². The highest BCUT2D eigenvalue weighted by Crippen LogP contribution is 2.58. The number of amides is 2. The Hall–Kier alpha value is -1.91. The molecule has 0 radical (unpaired) electrons. The number of rotatable bonds is 3. The number of carbonyl (C=O) groups excluding carboxylic acids is 2. The third-order valence-electron chi connectivity index (χ3n) is 7.40. The van der Waals surface area contributed by atoms with E-state index in [1.165, 1.54) is 36.6 Å². The Kier molecular flexibility index (Phi) is 3.80. The highest BCUT2D eigenvalue weighted by molar-refractivity contribution is 6.00. The summed E-state index contributed by atoms with van der Waals surface area (Å²) in [6.07, 6.45) is 6.59. The van der Waals surface area contributed by atoms with Crippen molar-refractivity contribution in [1.82, 2.24) is 5.32 Å². The van der Waals surface area contributed by atoms with Gasteiger partial charge < -0.3 is 10.2 Å². The van der Waals surface area contributed by atoms with Crippen LogP contribution < -0.4 is 10.2 Å². The van der Waals surface area contributed by atoms with Gasteiger partial charge in [0.15, 0.2) is 0 Å². The minimum atomic E-state index is -0.415. The molecule has 3 saturated carbocycles. The second-order valence-corrected chi connectivity index (χ2v) is 8.63. The van der Waals surface area contributed by atoms with Crippen molar-refractivity contribution in [3.8, 4) is 0 Å². The number of hydrogen-bond donors (Lipinski definition) is 1. The number of carbonyl (C=O) groups is 2. The van der Waals surface area contributed by atoms with E-state index in [2.05, 4.69) is 5.32 Å². The van der Waals surface area contributed by atoms with Gasteiger partial charge in [0.1, 0.15) is 5.82 Å². The SMILES string of the molecule is O=C(NC1CC2CC1C1CCCC21)C1CC(=O)N(c2ccccc2F)C1. The number of para-hydroxylation sites is 1. The lowest BCUT2D eigenvalue weighted by Crippen LogP contribution is -2.45. The Morgan fingerprint density at radius 1 is 1.12 bits per heavy atom. The first-order valence-electron chi connectivity index (χ1n) is 9.97. The Morgan fingerprint density at radius 2 is 1.92 bits per heavy atom. The van der Waals surface area contributed by atoms with Gasteiger partial charge >= 0.3 is 0 Å². The van der Waals surface area contributed by atoms with Crippen LogP contribution >= 0.6 is 0 Å². The van der Waals surface area contributed by atoms with E-state index >= 15 is 0 Å². The van der Waals surface area contributed by atoms with Gasteiger partial charge in [0.05, 0.1) is 11.6 Å². The van der Waals surface area contributed by atoms with Gasteiger partial charge in [0.25, 0.3) is 0 Å². The van der Waals surface area contributed by atoms with Gasteiger partial charge in [-0.3, -0.25) is 9.59 Å². The zero-order valence-electron chi connectivity index (χ0n) is 14.9. The van der Waals surface area contributed by atoms with E-state index in [1.54, 1.807) is 18.2 Å². The summed E-state index contributed by atoms with van der Waals surface area (Å²) < 4.78 is 14.0. The second-order valence-electron chi connectivity index (χ2n) is 8.63. The van der Waals surface area contributed by atoms with Crippen LogP contribution in [0.5, 0.6) is 0 Å². The van der Waals surface area contributed by atoms with Gasteiger partial charge in [0.2, 0.25) is 11.8 Å². The highest BCUT2D eigenvalue weighted by Gasteiger charge is 2.54. The zero-order chi connectivity index (χ0) is 17.8. The third-order valence-corrected chi connectivity index (χ3v) is 7.40. The van der Waals surface area contributed by atoms with Crippen molar-refractivity contribution in [3.63, 3.8) is 0 Å². The fourth-order valence-electron chi connectivity index (χ4n) is 6.32. The molecule has 0 aromatic heterocycles. The van der Waals surface area contributed by atoms with Gasteiger partial charge in [-0.25, -0.2) is 4.39 Å². The molecule has 2 amide bonds. The predicted molar refractivity (Wildman–Crippen MR) is 95.8 cm³/mol. The van der Waals surface area contributed by atoms with Crippen molar-refractivity contribution in [3.05, 3.63) is 30.1 Å². The summed E-state index contributed by atoms with van der Waals surface area (Å²) >= 11 is 0. The summed E-state index contributed by atoms with van der Waals surface area (Å²) in [5, 5.41) is 3.26. The van der Waals surface area contributed by atoms with Gasteiger partial charge in [-0.05, 0) is 61.5 Å². The molecule has 1 aromatic carbocycles. The normalized spacial score (nSPS) is 38.0. The van der Waals surface area contributed by atoms with Crippen molar-refractivity contribution in [2.24, 2.45) is 29.6 Å². The molecular weight excluding hydrogens is 331 g/mol. The number of halogens is 1. The zero-order valence-corrected chi connectivity index (χ0v) is 14.9. The maximum absolute atomic E-state index is 14.0. The fraction of sp³-hybridized carbons (Fsp3) is 0.619. The summed E-state index contributed by atoms with van der Waals surface area (Å²) in [7, 11) is 0. The van der Waals surface area contributed by atoms with Crippen LogP contribution in [-0.4, -0.2) is 24.4 Å². The van der Waals surface area contributed by atoms with Gasteiger partial charge in [0, 0.05) is 19.0 Å². The number of fused-ring (bicyclic) bond motifs is 5. The molecule has 4 nitrogen and oxygen atoms in total. The van der Waals surface area contributed by atoms with E-state index in [4.69, 9.17) is 0 Å². The molecule has 6 atom stereocenters. The monoisotopic (exact) mass is 356 g/mol. The van der Waals surface area contributed by atoms with Crippen LogP contribution in [-0.2, 0) is 9.59 Å². The first kappa shape index (κ1) is 16.3. The van der Waals surface area contributed by atoms with Crippen LogP contribution in [0.25, 0.3) is 0 Å². The van der Waals surface area contributed by atoms with E-state index in [9.17, 15) is 14.0 Å². The molecule has 5 rings (SSSR count). The van der Waals surface area contributed by atoms with Crippen LogP contribution in [0.15, 0.2) is 24.3 Å². The van der Waals surface area contributed by atoms with Crippen LogP contribution in [0.1, 0.15) is 38.5 Å². The summed E-state index contributed by atoms with van der Waals surface area (Å²) in [5.41, 5.74) is 0.279. The molecule has 3 aliphatic carbocycles. The lowest BCUT2D eigenvalue weighted by atomic mass is 9.79. The number of hydrogen-bond acceptors (Lipinski definition) is 2. The first-order valence-corrected chi connectivity index (χ1v) is 9.97. The maximum Gasteiger partial charge on any atom is 0.227 e. The van der Waals surface area contributed by atoms with Crippen molar-refractivity contribution >= 4 is 17.5 Å². The van der Waals surface area contributed by atoms with Crippen molar-refractivity contribution < 1.29 is 14.0 Å². The van der Waals surface area contributed by atoms with Crippen LogP contribution in [0, 0.1) is 35.4 Å². The number of anilines is 1. The third kappa shape index (κ3) is 2.47.